The van der Waals surface area contributed by atoms with Gasteiger partial charge in [-0.2, -0.15) is 0 Å². The van der Waals surface area contributed by atoms with E-state index in [1.807, 2.05) is 0 Å². The predicted molar refractivity (Wildman–Crippen MR) is 139 cm³/mol. The first-order chi connectivity index (χ1) is 15.3. The number of unbranched alkanes of at least 4 members (excludes halogenated alkanes) is 13. The van der Waals surface area contributed by atoms with Crippen LogP contribution in [0.2, 0.25) is 0 Å². The summed E-state index contributed by atoms with van der Waals surface area (Å²) in [6.45, 7) is 8.55. The lowest BCUT2D eigenvalue weighted by Gasteiger charge is -2.46. The van der Waals surface area contributed by atoms with E-state index >= 15 is 0 Å². The molecule has 0 spiro atoms. The number of rotatable bonds is 18. The Balaban J connectivity index is 0.00000512. The van der Waals surface area contributed by atoms with Gasteiger partial charge in [-0.05, 0) is 44.9 Å². The Morgan fingerprint density at radius 1 is 0.625 bits per heavy atom. The van der Waals surface area contributed by atoms with Crippen molar-refractivity contribution in [2.45, 2.75) is 161 Å². The first-order valence-corrected chi connectivity index (χ1v) is 14.7. The number of halogens is 1. The van der Waals surface area contributed by atoms with E-state index in [0.717, 1.165) is 12.6 Å². The van der Waals surface area contributed by atoms with E-state index in [-0.39, 0.29) is 12.4 Å². The Morgan fingerprint density at radius 2 is 1.12 bits per heavy atom. The van der Waals surface area contributed by atoms with E-state index in [0.29, 0.717) is 0 Å². The number of hydrogen-bond donors (Lipinski definition) is 0. The van der Waals surface area contributed by atoms with E-state index in [4.69, 9.17) is 4.99 Å². The van der Waals surface area contributed by atoms with Gasteiger partial charge in [-0.1, -0.05) is 97.3 Å². The Labute approximate surface area is 208 Å². The van der Waals surface area contributed by atoms with E-state index in [1.165, 1.54) is 159 Å². The van der Waals surface area contributed by atoms with Gasteiger partial charge in [0.1, 0.15) is 0 Å². The second-order valence-corrected chi connectivity index (χ2v) is 10.8. The molecule has 3 heteroatoms. The third kappa shape index (κ3) is 10.9. The Hall–Kier alpha value is -0.0800. The van der Waals surface area contributed by atoms with Crippen LogP contribution < -0.4 is 12.4 Å². The molecule has 2 nitrogen and oxygen atoms in total. The zero-order valence-electron chi connectivity index (χ0n) is 22.0. The first-order valence-electron chi connectivity index (χ1n) is 14.7. The van der Waals surface area contributed by atoms with Gasteiger partial charge >= 0.3 is 0 Å². The fraction of sp³-hybridized carbons (Fsp3) is 0.966. The summed E-state index contributed by atoms with van der Waals surface area (Å²) < 4.78 is 1.32. The number of aliphatic imine (C=N–C) groups is 1. The molecule has 32 heavy (non-hydrogen) atoms. The zero-order valence-corrected chi connectivity index (χ0v) is 22.8. The highest BCUT2D eigenvalue weighted by atomic mass is 35.5. The average Bonchev–Trinajstić information content (AvgIpc) is 3.02. The van der Waals surface area contributed by atoms with Crippen molar-refractivity contribution in [3.8, 4) is 0 Å². The van der Waals surface area contributed by atoms with Crippen LogP contribution in [0.25, 0.3) is 0 Å². The largest absolute Gasteiger partial charge is 1.00 e. The molecule has 1 saturated heterocycles. The number of quaternary nitrogens is 1. The number of amidine groups is 1. The molecule has 0 aliphatic carbocycles. The average molecular weight is 469 g/mol. The highest BCUT2D eigenvalue weighted by Crippen LogP contribution is 2.33. The summed E-state index contributed by atoms with van der Waals surface area (Å²) in [5, 5.41) is 0. The van der Waals surface area contributed by atoms with Gasteiger partial charge in [0.05, 0.1) is 19.1 Å². The molecule has 2 aliphatic heterocycles. The summed E-state index contributed by atoms with van der Waals surface area (Å²) >= 11 is 0. The van der Waals surface area contributed by atoms with Crippen molar-refractivity contribution in [3.05, 3.63) is 0 Å². The van der Waals surface area contributed by atoms with Crippen molar-refractivity contribution in [1.82, 2.24) is 0 Å². The van der Waals surface area contributed by atoms with Crippen LogP contribution in [-0.4, -0.2) is 36.0 Å². The molecular weight excluding hydrogens is 412 g/mol. The minimum absolute atomic E-state index is 0. The summed E-state index contributed by atoms with van der Waals surface area (Å²) in [6.07, 6.45) is 31.5. The van der Waals surface area contributed by atoms with Crippen molar-refractivity contribution in [2.24, 2.45) is 4.99 Å². The van der Waals surface area contributed by atoms with Crippen molar-refractivity contribution in [3.63, 3.8) is 0 Å². The lowest BCUT2D eigenvalue weighted by molar-refractivity contribution is -0.871. The Kier molecular flexibility index (Phi) is 18.0. The van der Waals surface area contributed by atoms with Gasteiger partial charge in [0.15, 0.2) is 5.84 Å². The predicted octanol–water partition coefficient (Wildman–Crippen LogP) is 6.22. The van der Waals surface area contributed by atoms with Crippen molar-refractivity contribution < 1.29 is 16.9 Å². The maximum Gasteiger partial charge on any atom is 0.198 e. The maximum absolute atomic E-state index is 5.15. The van der Waals surface area contributed by atoms with Gasteiger partial charge in [-0.25, -0.2) is 4.99 Å². The molecule has 0 saturated carbocycles. The normalized spacial score (nSPS) is 21.9. The number of nitrogens with zero attached hydrogens (tertiary/aromatic N) is 2. The van der Waals surface area contributed by atoms with Gasteiger partial charge in [0.25, 0.3) is 0 Å². The maximum atomic E-state index is 5.15. The van der Waals surface area contributed by atoms with Gasteiger partial charge in [-0.15, -0.1) is 0 Å². The topological polar surface area (TPSA) is 12.4 Å². The number of fused-ring (bicyclic) bond motifs is 1. The van der Waals surface area contributed by atoms with Crippen LogP contribution >= 0.6 is 0 Å². The van der Waals surface area contributed by atoms with Crippen LogP contribution in [0.5, 0.6) is 0 Å². The van der Waals surface area contributed by atoms with Gasteiger partial charge in [0.2, 0.25) is 0 Å². The smallest absolute Gasteiger partial charge is 0.198 e. The van der Waals surface area contributed by atoms with Gasteiger partial charge in [0, 0.05) is 19.4 Å². The summed E-state index contributed by atoms with van der Waals surface area (Å²) in [7, 11) is 0. The van der Waals surface area contributed by atoms with Crippen LogP contribution in [0.3, 0.4) is 0 Å². The second kappa shape index (κ2) is 19.2. The number of hydrogen-bond acceptors (Lipinski definition) is 1. The molecule has 1 fully saturated rings. The minimum Gasteiger partial charge on any atom is -1.00 e. The van der Waals surface area contributed by atoms with Crippen LogP contribution in [0, 0.1) is 0 Å². The highest BCUT2D eigenvalue weighted by Gasteiger charge is 2.43. The third-order valence-corrected chi connectivity index (χ3v) is 8.21. The van der Waals surface area contributed by atoms with Crippen molar-refractivity contribution >= 4 is 5.84 Å². The Bertz CT molecular complexity index is 464. The van der Waals surface area contributed by atoms with Crippen LogP contribution in [0.15, 0.2) is 4.99 Å². The molecule has 0 radical (unpaired) electrons. The van der Waals surface area contributed by atoms with E-state index in [1.54, 1.807) is 5.84 Å². The standard InChI is InChI=1S/C29H57N2.ClH/c1-3-5-7-9-10-11-12-13-15-18-23-28(22-17-14-8-6-4-2)31-26-20-16-19-24-29(31)30-25-21-27-31;/h28H,3-27H2,1-2H3;1H/q+1;/p-1. The fourth-order valence-electron chi connectivity index (χ4n) is 6.29. The monoisotopic (exact) mass is 468 g/mol. The highest BCUT2D eigenvalue weighted by molar-refractivity contribution is 5.76. The van der Waals surface area contributed by atoms with E-state index in [2.05, 4.69) is 13.8 Å². The molecular formula is C29H57ClN2. The minimum atomic E-state index is 0. The first kappa shape index (κ1) is 30.0. The third-order valence-electron chi connectivity index (χ3n) is 8.21. The molecule has 0 aromatic rings. The summed E-state index contributed by atoms with van der Waals surface area (Å²) in [5.41, 5.74) is 0. The SMILES string of the molecule is CCCCCCCCCCCCC(CCCCCCC)[N+]12CCCCCC1=NCCC2.[Cl-]. The van der Waals surface area contributed by atoms with Gasteiger partial charge < -0.3 is 12.4 Å². The summed E-state index contributed by atoms with van der Waals surface area (Å²) in [4.78, 5) is 5.15. The molecule has 2 aliphatic rings. The van der Waals surface area contributed by atoms with Gasteiger partial charge in [-0.3, -0.25) is 4.48 Å². The lowest BCUT2D eigenvalue weighted by Crippen LogP contribution is -3.00. The zero-order chi connectivity index (χ0) is 22.0. The molecule has 0 N–H and O–H groups in total. The summed E-state index contributed by atoms with van der Waals surface area (Å²) in [6, 6.07) is 0.868. The molecule has 0 amide bonds. The Morgan fingerprint density at radius 3 is 1.69 bits per heavy atom. The van der Waals surface area contributed by atoms with Crippen molar-refractivity contribution in [1.29, 1.82) is 0 Å². The molecule has 2 unspecified atom stereocenters. The molecule has 0 bridgehead atoms. The summed E-state index contributed by atoms with van der Waals surface area (Å²) in [5.74, 6) is 1.62. The quantitative estimate of drug-likeness (QED) is 0.167. The van der Waals surface area contributed by atoms with Crippen LogP contribution in [0.1, 0.15) is 155 Å². The molecule has 2 heterocycles. The second-order valence-electron chi connectivity index (χ2n) is 10.8. The fourth-order valence-corrected chi connectivity index (χ4v) is 6.29. The van der Waals surface area contributed by atoms with Crippen molar-refractivity contribution in [2.75, 3.05) is 19.6 Å². The van der Waals surface area contributed by atoms with Crippen LogP contribution in [-0.2, 0) is 0 Å². The lowest BCUT2D eigenvalue weighted by atomic mass is 9.94. The van der Waals surface area contributed by atoms with E-state index in [9.17, 15) is 0 Å². The molecule has 2 atom stereocenters. The molecule has 2 rings (SSSR count). The van der Waals surface area contributed by atoms with Crippen LogP contribution in [0.4, 0.5) is 0 Å². The molecule has 0 aromatic carbocycles. The molecule has 190 valence electrons. The van der Waals surface area contributed by atoms with E-state index < -0.39 is 0 Å². The molecule has 0 aromatic heterocycles.